The Bertz CT molecular complexity index is 281. The first-order valence-electron chi connectivity index (χ1n) is 6.25. The van der Waals surface area contributed by atoms with E-state index in [1.807, 2.05) is 7.05 Å². The second kappa shape index (κ2) is 7.75. The Hall–Kier alpha value is -0.470. The molecule has 0 aliphatic heterocycles. The molecule has 0 aliphatic rings. The van der Waals surface area contributed by atoms with Crippen LogP contribution in [0.1, 0.15) is 51.0 Å². The summed E-state index contributed by atoms with van der Waals surface area (Å²) in [5.41, 5.74) is 1.50. The van der Waals surface area contributed by atoms with E-state index in [9.17, 15) is 0 Å². The average molecular weight is 237 g/mol. The highest BCUT2D eigenvalue weighted by atomic mass is 32.2. The molecule has 1 rings (SSSR count). The first-order chi connectivity index (χ1) is 7.81. The van der Waals surface area contributed by atoms with Crippen LogP contribution in [0.25, 0.3) is 0 Å². The molecule has 0 spiro atoms. The van der Waals surface area contributed by atoms with Gasteiger partial charge in [-0.15, -0.1) is 0 Å². The van der Waals surface area contributed by atoms with Crippen LogP contribution in [0.5, 0.6) is 0 Å². The fourth-order valence-electron chi connectivity index (χ4n) is 1.98. The molecule has 0 fully saturated rings. The molecular weight excluding hydrogens is 214 g/mol. The molecule has 0 bridgehead atoms. The van der Waals surface area contributed by atoms with Gasteiger partial charge in [0.15, 0.2) is 0 Å². The fourth-order valence-corrected chi connectivity index (χ4v) is 2.49. The van der Waals surface area contributed by atoms with Crippen LogP contribution in [0.15, 0.2) is 29.2 Å². The summed E-state index contributed by atoms with van der Waals surface area (Å²) in [5, 5.41) is 0. The predicted octanol–water partition coefficient (Wildman–Crippen LogP) is 4.60. The maximum absolute atomic E-state index is 3.10. The van der Waals surface area contributed by atoms with E-state index in [4.69, 9.17) is 0 Å². The van der Waals surface area contributed by atoms with Gasteiger partial charge in [-0.25, -0.2) is 0 Å². The summed E-state index contributed by atoms with van der Waals surface area (Å²) in [5.74, 6) is 0.744. The third-order valence-corrected chi connectivity index (χ3v) is 3.68. The zero-order valence-electron chi connectivity index (χ0n) is 10.6. The molecule has 0 saturated carbocycles. The minimum absolute atomic E-state index is 0.744. The quantitative estimate of drug-likeness (QED) is 0.696. The molecule has 0 aromatic heterocycles. The molecule has 0 aliphatic carbocycles. The molecule has 0 amide bonds. The summed E-state index contributed by atoms with van der Waals surface area (Å²) in [6.07, 6.45) is 5.21. The Balaban J connectivity index is 2.62. The van der Waals surface area contributed by atoms with E-state index in [-0.39, 0.29) is 0 Å². The van der Waals surface area contributed by atoms with Gasteiger partial charge >= 0.3 is 0 Å². The smallest absolute Gasteiger partial charge is 0.0228 e. The van der Waals surface area contributed by atoms with E-state index in [2.05, 4.69) is 42.8 Å². The van der Waals surface area contributed by atoms with Crippen molar-refractivity contribution in [3.63, 3.8) is 0 Å². The lowest BCUT2D eigenvalue weighted by Gasteiger charge is -2.15. The maximum Gasteiger partial charge on any atom is 0.0228 e. The SMILES string of the molecule is CCCCC(CC)c1ccc(SNC)cc1. The minimum Gasteiger partial charge on any atom is -0.263 e. The summed E-state index contributed by atoms with van der Waals surface area (Å²) < 4.78 is 3.10. The van der Waals surface area contributed by atoms with Crippen molar-refractivity contribution in [3.05, 3.63) is 29.8 Å². The molecule has 1 nitrogen and oxygen atoms in total. The first kappa shape index (κ1) is 13.6. The number of benzene rings is 1. The van der Waals surface area contributed by atoms with Gasteiger partial charge in [0.25, 0.3) is 0 Å². The van der Waals surface area contributed by atoms with Crippen molar-refractivity contribution in [2.75, 3.05) is 7.05 Å². The highest BCUT2D eigenvalue weighted by Crippen LogP contribution is 2.26. The lowest BCUT2D eigenvalue weighted by molar-refractivity contribution is 0.569. The molecule has 1 unspecified atom stereocenters. The molecule has 0 saturated heterocycles. The van der Waals surface area contributed by atoms with Crippen molar-refractivity contribution in [2.24, 2.45) is 0 Å². The second-order valence-electron chi connectivity index (χ2n) is 4.12. The van der Waals surface area contributed by atoms with E-state index in [1.54, 1.807) is 11.9 Å². The van der Waals surface area contributed by atoms with Crippen LogP contribution in [-0.4, -0.2) is 7.05 Å². The van der Waals surface area contributed by atoms with Crippen molar-refractivity contribution in [1.82, 2.24) is 4.72 Å². The Morgan fingerprint density at radius 1 is 1.19 bits per heavy atom. The van der Waals surface area contributed by atoms with Crippen molar-refractivity contribution < 1.29 is 0 Å². The van der Waals surface area contributed by atoms with Gasteiger partial charge in [-0.2, -0.15) is 0 Å². The van der Waals surface area contributed by atoms with Crippen LogP contribution < -0.4 is 4.72 Å². The van der Waals surface area contributed by atoms with Crippen LogP contribution in [0.2, 0.25) is 0 Å². The van der Waals surface area contributed by atoms with E-state index in [0.717, 1.165) is 5.92 Å². The maximum atomic E-state index is 3.10. The number of hydrogen-bond acceptors (Lipinski definition) is 2. The molecule has 16 heavy (non-hydrogen) atoms. The fraction of sp³-hybridized carbons (Fsp3) is 0.571. The summed E-state index contributed by atoms with van der Waals surface area (Å²) in [6.45, 7) is 4.55. The van der Waals surface area contributed by atoms with Gasteiger partial charge in [-0.1, -0.05) is 38.8 Å². The predicted molar refractivity (Wildman–Crippen MR) is 73.9 cm³/mol. The Morgan fingerprint density at radius 3 is 2.38 bits per heavy atom. The van der Waals surface area contributed by atoms with Gasteiger partial charge in [0.05, 0.1) is 0 Å². The van der Waals surface area contributed by atoms with Gasteiger partial charge in [0, 0.05) is 4.90 Å². The molecule has 2 heteroatoms. The lowest BCUT2D eigenvalue weighted by atomic mass is 9.91. The van der Waals surface area contributed by atoms with Crippen LogP contribution in [0, 0.1) is 0 Å². The Labute approximate surface area is 104 Å². The topological polar surface area (TPSA) is 12.0 Å². The van der Waals surface area contributed by atoms with E-state index in [0.29, 0.717) is 0 Å². The molecular formula is C14H23NS. The number of rotatable bonds is 7. The average Bonchev–Trinajstić information content (AvgIpc) is 2.32. The third kappa shape index (κ3) is 4.18. The zero-order valence-corrected chi connectivity index (χ0v) is 11.4. The van der Waals surface area contributed by atoms with Crippen LogP contribution >= 0.6 is 11.9 Å². The number of hydrogen-bond donors (Lipinski definition) is 1. The molecule has 1 aromatic carbocycles. The monoisotopic (exact) mass is 237 g/mol. The molecule has 1 N–H and O–H groups in total. The van der Waals surface area contributed by atoms with Gasteiger partial charge < -0.3 is 0 Å². The third-order valence-electron chi connectivity index (χ3n) is 2.97. The summed E-state index contributed by atoms with van der Waals surface area (Å²) in [7, 11) is 1.95. The van der Waals surface area contributed by atoms with E-state index in [1.165, 1.54) is 36.1 Å². The van der Waals surface area contributed by atoms with E-state index < -0.39 is 0 Å². The van der Waals surface area contributed by atoms with Crippen LogP contribution in [0.4, 0.5) is 0 Å². The molecule has 1 atom stereocenters. The van der Waals surface area contributed by atoms with Gasteiger partial charge in [0.2, 0.25) is 0 Å². The number of nitrogens with one attached hydrogen (secondary N) is 1. The van der Waals surface area contributed by atoms with Gasteiger partial charge in [-0.05, 0) is 55.5 Å². The minimum atomic E-state index is 0.744. The molecule has 90 valence electrons. The first-order valence-corrected chi connectivity index (χ1v) is 7.07. The second-order valence-corrected chi connectivity index (χ2v) is 5.21. The highest BCUT2D eigenvalue weighted by molar-refractivity contribution is 7.97. The van der Waals surface area contributed by atoms with Crippen molar-refractivity contribution in [3.8, 4) is 0 Å². The van der Waals surface area contributed by atoms with E-state index >= 15 is 0 Å². The van der Waals surface area contributed by atoms with Gasteiger partial charge in [-0.3, -0.25) is 4.72 Å². The highest BCUT2D eigenvalue weighted by Gasteiger charge is 2.08. The Morgan fingerprint density at radius 2 is 1.88 bits per heavy atom. The van der Waals surface area contributed by atoms with Crippen LogP contribution in [0.3, 0.4) is 0 Å². The van der Waals surface area contributed by atoms with Crippen molar-refractivity contribution in [1.29, 1.82) is 0 Å². The Kier molecular flexibility index (Phi) is 6.58. The lowest BCUT2D eigenvalue weighted by Crippen LogP contribution is -1.97. The number of unbranched alkanes of at least 4 members (excludes halogenated alkanes) is 1. The van der Waals surface area contributed by atoms with Crippen molar-refractivity contribution >= 4 is 11.9 Å². The van der Waals surface area contributed by atoms with Gasteiger partial charge in [0.1, 0.15) is 0 Å². The normalized spacial score (nSPS) is 12.7. The van der Waals surface area contributed by atoms with Crippen LogP contribution in [-0.2, 0) is 0 Å². The summed E-state index contributed by atoms with van der Waals surface area (Å²) >= 11 is 1.67. The molecule has 0 radical (unpaired) electrons. The summed E-state index contributed by atoms with van der Waals surface area (Å²) in [4.78, 5) is 1.29. The molecule has 0 heterocycles. The zero-order chi connectivity index (χ0) is 11.8. The molecule has 1 aromatic rings. The largest absolute Gasteiger partial charge is 0.263 e. The summed E-state index contributed by atoms with van der Waals surface area (Å²) in [6, 6.07) is 8.99. The standard InChI is InChI=1S/C14H23NS/c1-4-6-7-12(5-2)13-8-10-14(11-9-13)16-15-3/h8-12,15H,4-7H2,1-3H3. The van der Waals surface area contributed by atoms with Crippen molar-refractivity contribution in [2.45, 2.75) is 50.3 Å².